The minimum absolute atomic E-state index is 0.0928. The fourth-order valence-corrected chi connectivity index (χ4v) is 3.10. The number of hydrogen-bond donors (Lipinski definition) is 2. The first-order valence-electron chi connectivity index (χ1n) is 9.18. The summed E-state index contributed by atoms with van der Waals surface area (Å²) in [5.41, 5.74) is 1.07. The predicted octanol–water partition coefficient (Wildman–Crippen LogP) is 3.43. The molecule has 0 radical (unpaired) electrons. The maximum absolute atomic E-state index is 13.1. The summed E-state index contributed by atoms with van der Waals surface area (Å²) in [5.74, 6) is -1.86. The molecule has 8 nitrogen and oxygen atoms in total. The molecule has 2 N–H and O–H groups in total. The van der Waals surface area contributed by atoms with Crippen LogP contribution in [0.1, 0.15) is 18.1 Å². The van der Waals surface area contributed by atoms with E-state index in [1.54, 1.807) is 25.1 Å². The number of urea groups is 1. The van der Waals surface area contributed by atoms with Crippen molar-refractivity contribution in [3.05, 3.63) is 64.1 Å². The largest absolute Gasteiger partial charge is 0.490 e. The lowest BCUT2D eigenvalue weighted by Crippen LogP contribution is -2.35. The molecule has 162 valence electrons. The Bertz CT molecular complexity index is 1050. The van der Waals surface area contributed by atoms with Crippen molar-refractivity contribution < 1.29 is 33.4 Å². The van der Waals surface area contributed by atoms with Crippen molar-refractivity contribution in [3.8, 4) is 11.5 Å². The number of hydrogen-bond acceptors (Lipinski definition) is 5. The maximum Gasteiger partial charge on any atom is 0.329 e. The molecule has 3 amide bonds. The van der Waals surface area contributed by atoms with E-state index in [1.165, 1.54) is 24.3 Å². The van der Waals surface area contributed by atoms with Gasteiger partial charge < -0.3 is 19.9 Å². The summed E-state index contributed by atoms with van der Waals surface area (Å²) in [7, 11) is 0. The van der Waals surface area contributed by atoms with Crippen molar-refractivity contribution in [3.63, 3.8) is 0 Å². The summed E-state index contributed by atoms with van der Waals surface area (Å²) in [4.78, 5) is 35.6. The standard InChI is InChI=1S/C21H18ClFN2O6/c1-2-30-17-9-13(8-16-20(28)25(10-18(26)27)21(29)24-16)7-15(22)19(17)31-11-12-3-5-14(23)6-4-12/h3-9H,2,10-11H2,1H3,(H,24,29)(H,26,27)/b16-8+. The van der Waals surface area contributed by atoms with Gasteiger partial charge in [0.15, 0.2) is 11.5 Å². The fourth-order valence-electron chi connectivity index (χ4n) is 2.83. The molecule has 0 aromatic heterocycles. The first kappa shape index (κ1) is 22.1. The number of amides is 3. The van der Waals surface area contributed by atoms with Gasteiger partial charge in [0.2, 0.25) is 0 Å². The van der Waals surface area contributed by atoms with E-state index in [9.17, 15) is 18.8 Å². The molecule has 0 unspecified atom stereocenters. The topological polar surface area (TPSA) is 105 Å². The highest BCUT2D eigenvalue weighted by atomic mass is 35.5. The molecule has 0 bridgehead atoms. The lowest BCUT2D eigenvalue weighted by atomic mass is 10.1. The number of carbonyl (C=O) groups excluding carboxylic acids is 2. The van der Waals surface area contributed by atoms with Gasteiger partial charge in [0.1, 0.15) is 24.7 Å². The van der Waals surface area contributed by atoms with Crippen molar-refractivity contribution in [1.82, 2.24) is 10.2 Å². The fraction of sp³-hybridized carbons (Fsp3) is 0.190. The summed E-state index contributed by atoms with van der Waals surface area (Å²) >= 11 is 6.36. The molecule has 1 fully saturated rings. The van der Waals surface area contributed by atoms with Crippen LogP contribution in [0, 0.1) is 5.82 Å². The Kier molecular flexibility index (Phi) is 6.76. The average molecular weight is 449 g/mol. The van der Waals surface area contributed by atoms with E-state index in [0.717, 1.165) is 5.56 Å². The van der Waals surface area contributed by atoms with Gasteiger partial charge in [0, 0.05) is 0 Å². The molecule has 2 aromatic carbocycles. The second-order valence-electron chi connectivity index (χ2n) is 6.45. The van der Waals surface area contributed by atoms with Gasteiger partial charge in [-0.05, 0) is 48.4 Å². The summed E-state index contributed by atoms with van der Waals surface area (Å²) in [5, 5.41) is 11.4. The minimum atomic E-state index is -1.31. The van der Waals surface area contributed by atoms with Gasteiger partial charge in [-0.25, -0.2) is 14.1 Å². The Labute approximate surface area is 181 Å². The Morgan fingerprint density at radius 3 is 2.58 bits per heavy atom. The summed E-state index contributed by atoms with van der Waals surface area (Å²) in [6.07, 6.45) is 1.36. The monoisotopic (exact) mass is 448 g/mol. The summed E-state index contributed by atoms with van der Waals surface area (Å²) < 4.78 is 24.4. The second kappa shape index (κ2) is 9.48. The van der Waals surface area contributed by atoms with E-state index < -0.39 is 24.5 Å². The third-order valence-corrected chi connectivity index (χ3v) is 4.48. The van der Waals surface area contributed by atoms with Crippen LogP contribution in [0.4, 0.5) is 9.18 Å². The summed E-state index contributed by atoms with van der Waals surface area (Å²) in [6, 6.07) is 8.06. The molecule has 0 saturated carbocycles. The van der Waals surface area contributed by atoms with Crippen LogP contribution in [-0.4, -0.2) is 41.1 Å². The third kappa shape index (κ3) is 5.32. The average Bonchev–Trinajstić information content (AvgIpc) is 2.96. The summed E-state index contributed by atoms with van der Waals surface area (Å²) in [6.45, 7) is 1.46. The number of carboxylic acids is 1. The van der Waals surface area contributed by atoms with Crippen molar-refractivity contribution in [2.75, 3.05) is 13.2 Å². The van der Waals surface area contributed by atoms with Gasteiger partial charge in [-0.2, -0.15) is 0 Å². The number of ether oxygens (including phenoxy) is 2. The highest BCUT2D eigenvalue weighted by molar-refractivity contribution is 6.32. The van der Waals surface area contributed by atoms with E-state index in [0.29, 0.717) is 22.8 Å². The van der Waals surface area contributed by atoms with Gasteiger partial charge in [0.05, 0.1) is 11.6 Å². The number of halogens is 2. The zero-order valence-corrected chi connectivity index (χ0v) is 17.1. The van der Waals surface area contributed by atoms with Crippen molar-refractivity contribution in [2.45, 2.75) is 13.5 Å². The lowest BCUT2D eigenvalue weighted by Gasteiger charge is -2.15. The molecular formula is C21H18ClFN2O6. The molecule has 0 spiro atoms. The number of carboxylic acid groups (broad SMARTS) is 1. The molecule has 1 heterocycles. The molecular weight excluding hydrogens is 431 g/mol. The van der Waals surface area contributed by atoms with Crippen LogP contribution in [0.3, 0.4) is 0 Å². The molecule has 10 heteroatoms. The van der Waals surface area contributed by atoms with Crippen LogP contribution in [0.2, 0.25) is 5.02 Å². The number of carbonyl (C=O) groups is 3. The Morgan fingerprint density at radius 2 is 1.94 bits per heavy atom. The van der Waals surface area contributed by atoms with Crippen LogP contribution < -0.4 is 14.8 Å². The molecule has 2 aromatic rings. The first-order valence-corrected chi connectivity index (χ1v) is 9.56. The zero-order valence-electron chi connectivity index (χ0n) is 16.4. The maximum atomic E-state index is 13.1. The van der Waals surface area contributed by atoms with E-state index in [-0.39, 0.29) is 28.9 Å². The number of rotatable bonds is 8. The number of benzene rings is 2. The number of aliphatic carboxylic acids is 1. The Balaban J connectivity index is 1.85. The van der Waals surface area contributed by atoms with Gasteiger partial charge in [-0.15, -0.1) is 0 Å². The number of imide groups is 1. The molecule has 1 aliphatic rings. The van der Waals surface area contributed by atoms with Gasteiger partial charge in [-0.3, -0.25) is 9.59 Å². The SMILES string of the molecule is CCOc1cc(/C=C2/NC(=O)N(CC(=O)O)C2=O)cc(Cl)c1OCc1ccc(F)cc1. The second-order valence-corrected chi connectivity index (χ2v) is 6.86. The van der Waals surface area contributed by atoms with E-state index >= 15 is 0 Å². The first-order chi connectivity index (χ1) is 14.8. The van der Waals surface area contributed by atoms with Gasteiger partial charge >= 0.3 is 12.0 Å². The van der Waals surface area contributed by atoms with Crippen LogP contribution in [0.15, 0.2) is 42.1 Å². The molecule has 0 atom stereocenters. The van der Waals surface area contributed by atoms with Crippen LogP contribution >= 0.6 is 11.6 Å². The van der Waals surface area contributed by atoms with E-state index in [2.05, 4.69) is 5.32 Å². The normalized spacial score (nSPS) is 14.7. The number of nitrogens with one attached hydrogen (secondary N) is 1. The van der Waals surface area contributed by atoms with Crippen molar-refractivity contribution >= 4 is 35.6 Å². The molecule has 1 saturated heterocycles. The van der Waals surface area contributed by atoms with Gasteiger partial charge in [-0.1, -0.05) is 23.7 Å². The van der Waals surface area contributed by atoms with Crippen LogP contribution in [-0.2, 0) is 16.2 Å². The zero-order chi connectivity index (χ0) is 22.5. The smallest absolute Gasteiger partial charge is 0.329 e. The molecule has 1 aliphatic heterocycles. The lowest BCUT2D eigenvalue weighted by molar-refractivity contribution is -0.140. The minimum Gasteiger partial charge on any atom is -0.490 e. The van der Waals surface area contributed by atoms with Crippen LogP contribution in [0.25, 0.3) is 6.08 Å². The number of nitrogens with zero attached hydrogens (tertiary/aromatic N) is 1. The highest BCUT2D eigenvalue weighted by Crippen LogP contribution is 2.38. The molecule has 0 aliphatic carbocycles. The quantitative estimate of drug-likeness (QED) is 0.473. The van der Waals surface area contributed by atoms with Crippen LogP contribution in [0.5, 0.6) is 11.5 Å². The Hall–Kier alpha value is -3.59. The van der Waals surface area contributed by atoms with Gasteiger partial charge in [0.25, 0.3) is 5.91 Å². The van der Waals surface area contributed by atoms with E-state index in [1.807, 2.05) is 0 Å². The van der Waals surface area contributed by atoms with E-state index in [4.69, 9.17) is 26.2 Å². The Morgan fingerprint density at radius 1 is 1.23 bits per heavy atom. The molecule has 31 heavy (non-hydrogen) atoms. The van der Waals surface area contributed by atoms with Crippen molar-refractivity contribution in [2.24, 2.45) is 0 Å². The predicted molar refractivity (Wildman–Crippen MR) is 109 cm³/mol. The molecule has 3 rings (SSSR count). The third-order valence-electron chi connectivity index (χ3n) is 4.19. The van der Waals surface area contributed by atoms with Crippen molar-refractivity contribution in [1.29, 1.82) is 0 Å². The highest BCUT2D eigenvalue weighted by Gasteiger charge is 2.34.